The number of nitrogens with one attached hydrogen (secondary N) is 1. The Kier molecular flexibility index (Phi) is 5.71. The average molecular weight is 262 g/mol. The summed E-state index contributed by atoms with van der Waals surface area (Å²) in [7, 11) is 0. The highest BCUT2D eigenvalue weighted by Gasteiger charge is 2.23. The van der Waals surface area contributed by atoms with E-state index in [4.69, 9.17) is 0 Å². The van der Waals surface area contributed by atoms with Crippen molar-refractivity contribution in [2.24, 2.45) is 0 Å². The number of hydrogen-bond donors (Lipinski definition) is 1. The lowest BCUT2D eigenvalue weighted by Gasteiger charge is -2.31. The Morgan fingerprint density at radius 3 is 2.53 bits per heavy atom. The van der Waals surface area contributed by atoms with Crippen molar-refractivity contribution in [3.05, 3.63) is 0 Å². The number of amides is 2. The van der Waals surface area contributed by atoms with Gasteiger partial charge in [-0.3, -0.25) is 9.59 Å². The number of piperidine rings is 1. The number of halogens is 1. The van der Waals surface area contributed by atoms with E-state index in [-0.39, 0.29) is 30.8 Å². The van der Waals surface area contributed by atoms with Crippen LogP contribution in [-0.2, 0) is 9.59 Å². The van der Waals surface area contributed by atoms with Crippen molar-refractivity contribution in [2.45, 2.75) is 19.3 Å². The minimum absolute atomic E-state index is 0. The molecule has 1 N–H and O–H groups in total. The van der Waals surface area contributed by atoms with Gasteiger partial charge in [-0.15, -0.1) is 12.4 Å². The van der Waals surface area contributed by atoms with Crippen LogP contribution < -0.4 is 5.32 Å². The van der Waals surface area contributed by atoms with E-state index in [2.05, 4.69) is 5.32 Å². The summed E-state index contributed by atoms with van der Waals surface area (Å²) < 4.78 is 0. The summed E-state index contributed by atoms with van der Waals surface area (Å²) in [4.78, 5) is 27.0. The van der Waals surface area contributed by atoms with Crippen molar-refractivity contribution in [2.75, 3.05) is 39.3 Å². The number of hydrogen-bond acceptors (Lipinski definition) is 3. The molecule has 17 heavy (non-hydrogen) atoms. The van der Waals surface area contributed by atoms with Crippen LogP contribution in [0.4, 0.5) is 0 Å². The number of rotatable bonds is 2. The van der Waals surface area contributed by atoms with Gasteiger partial charge in [-0.25, -0.2) is 0 Å². The van der Waals surface area contributed by atoms with Gasteiger partial charge in [-0.1, -0.05) is 0 Å². The number of likely N-dealkylation sites (tertiary alicyclic amines) is 1. The van der Waals surface area contributed by atoms with Gasteiger partial charge in [0.2, 0.25) is 11.8 Å². The SMILES string of the molecule is Cl.O=C(CN1CCCCC1=O)N1CCNCC1. The first-order chi connectivity index (χ1) is 7.77. The Labute approximate surface area is 108 Å². The second kappa shape index (κ2) is 6.81. The van der Waals surface area contributed by atoms with Crippen LogP contribution >= 0.6 is 12.4 Å². The van der Waals surface area contributed by atoms with Gasteiger partial charge in [0.25, 0.3) is 0 Å². The fourth-order valence-corrected chi connectivity index (χ4v) is 2.21. The van der Waals surface area contributed by atoms with E-state index >= 15 is 0 Å². The highest BCUT2D eigenvalue weighted by atomic mass is 35.5. The van der Waals surface area contributed by atoms with Gasteiger partial charge in [0, 0.05) is 39.1 Å². The van der Waals surface area contributed by atoms with Crippen LogP contribution in [0.15, 0.2) is 0 Å². The monoisotopic (exact) mass is 261 g/mol. The molecular formula is C11H20ClN3O2. The first-order valence-electron chi connectivity index (χ1n) is 6.03. The molecule has 2 amide bonds. The fraction of sp³-hybridized carbons (Fsp3) is 0.818. The van der Waals surface area contributed by atoms with Gasteiger partial charge in [0.05, 0.1) is 6.54 Å². The Balaban J connectivity index is 0.00000144. The minimum atomic E-state index is 0. The maximum atomic E-state index is 11.9. The minimum Gasteiger partial charge on any atom is -0.339 e. The maximum Gasteiger partial charge on any atom is 0.242 e. The molecule has 0 unspecified atom stereocenters. The van der Waals surface area contributed by atoms with E-state index < -0.39 is 0 Å². The molecule has 0 saturated carbocycles. The van der Waals surface area contributed by atoms with Crippen LogP contribution in [0, 0.1) is 0 Å². The smallest absolute Gasteiger partial charge is 0.242 e. The normalized spacial score (nSPS) is 21.1. The molecule has 0 bridgehead atoms. The molecule has 0 aromatic rings. The Hall–Kier alpha value is -0.810. The molecule has 0 atom stereocenters. The zero-order valence-electron chi connectivity index (χ0n) is 9.98. The standard InChI is InChI=1S/C11H19N3O2.ClH/c15-10-3-1-2-6-14(10)9-11(16)13-7-4-12-5-8-13;/h12H,1-9H2;1H. The van der Waals surface area contributed by atoms with Gasteiger partial charge in [-0.05, 0) is 12.8 Å². The first-order valence-corrected chi connectivity index (χ1v) is 6.03. The molecule has 2 rings (SSSR count). The van der Waals surface area contributed by atoms with Crippen LogP contribution in [0.3, 0.4) is 0 Å². The largest absolute Gasteiger partial charge is 0.339 e. The van der Waals surface area contributed by atoms with Crippen LogP contribution in [0.25, 0.3) is 0 Å². The second-order valence-corrected chi connectivity index (χ2v) is 4.40. The third-order valence-electron chi connectivity index (χ3n) is 3.22. The van der Waals surface area contributed by atoms with E-state index in [9.17, 15) is 9.59 Å². The van der Waals surface area contributed by atoms with E-state index in [1.807, 2.05) is 4.90 Å². The Morgan fingerprint density at radius 2 is 1.88 bits per heavy atom. The topological polar surface area (TPSA) is 52.7 Å². The lowest BCUT2D eigenvalue weighted by Crippen LogP contribution is -2.51. The predicted octanol–water partition coefficient (Wildman–Crippen LogP) is -0.147. The van der Waals surface area contributed by atoms with Gasteiger partial charge in [-0.2, -0.15) is 0 Å². The molecule has 5 nitrogen and oxygen atoms in total. The summed E-state index contributed by atoms with van der Waals surface area (Å²) >= 11 is 0. The van der Waals surface area contributed by atoms with Gasteiger partial charge in [0.15, 0.2) is 0 Å². The third kappa shape index (κ3) is 3.85. The lowest BCUT2D eigenvalue weighted by atomic mass is 10.1. The van der Waals surface area contributed by atoms with Crippen LogP contribution in [-0.4, -0.2) is 60.9 Å². The molecule has 6 heteroatoms. The molecule has 2 fully saturated rings. The van der Waals surface area contributed by atoms with Crippen LogP contribution in [0.5, 0.6) is 0 Å². The van der Waals surface area contributed by atoms with E-state index in [1.54, 1.807) is 4.90 Å². The molecule has 2 saturated heterocycles. The molecule has 0 radical (unpaired) electrons. The van der Waals surface area contributed by atoms with E-state index in [0.29, 0.717) is 6.42 Å². The molecule has 2 heterocycles. The van der Waals surface area contributed by atoms with Crippen LogP contribution in [0.2, 0.25) is 0 Å². The predicted molar refractivity (Wildman–Crippen MR) is 67.1 cm³/mol. The Morgan fingerprint density at radius 1 is 1.18 bits per heavy atom. The number of nitrogens with zero attached hydrogens (tertiary/aromatic N) is 2. The summed E-state index contributed by atoms with van der Waals surface area (Å²) in [5, 5.41) is 3.21. The molecule has 2 aliphatic heterocycles. The molecule has 0 aromatic heterocycles. The van der Waals surface area contributed by atoms with Crippen molar-refractivity contribution in [1.29, 1.82) is 0 Å². The average Bonchev–Trinajstić information content (AvgIpc) is 2.33. The number of carbonyl (C=O) groups excluding carboxylic acids is 2. The molecule has 0 aliphatic carbocycles. The quantitative estimate of drug-likeness (QED) is 0.752. The zero-order valence-corrected chi connectivity index (χ0v) is 10.8. The molecule has 0 aromatic carbocycles. The number of carbonyl (C=O) groups is 2. The summed E-state index contributed by atoms with van der Waals surface area (Å²) in [6, 6.07) is 0. The lowest BCUT2D eigenvalue weighted by molar-refractivity contribution is -0.142. The van der Waals surface area contributed by atoms with Crippen molar-refractivity contribution in [1.82, 2.24) is 15.1 Å². The molecule has 98 valence electrons. The van der Waals surface area contributed by atoms with Crippen LogP contribution in [0.1, 0.15) is 19.3 Å². The first kappa shape index (κ1) is 14.3. The van der Waals surface area contributed by atoms with Crippen molar-refractivity contribution >= 4 is 24.2 Å². The van der Waals surface area contributed by atoms with Gasteiger partial charge >= 0.3 is 0 Å². The highest BCUT2D eigenvalue weighted by Crippen LogP contribution is 2.10. The molecule has 0 spiro atoms. The van der Waals surface area contributed by atoms with Gasteiger partial charge in [0.1, 0.15) is 0 Å². The summed E-state index contributed by atoms with van der Waals surface area (Å²) in [5.74, 6) is 0.228. The maximum absolute atomic E-state index is 11.9. The fourth-order valence-electron chi connectivity index (χ4n) is 2.21. The zero-order chi connectivity index (χ0) is 11.4. The molecule has 2 aliphatic rings. The van der Waals surface area contributed by atoms with E-state index in [0.717, 1.165) is 45.6 Å². The van der Waals surface area contributed by atoms with Gasteiger partial charge < -0.3 is 15.1 Å². The van der Waals surface area contributed by atoms with Crippen molar-refractivity contribution < 1.29 is 9.59 Å². The third-order valence-corrected chi connectivity index (χ3v) is 3.22. The summed E-state index contributed by atoms with van der Waals surface area (Å²) in [6.07, 6.45) is 2.60. The van der Waals surface area contributed by atoms with E-state index in [1.165, 1.54) is 0 Å². The Bertz CT molecular complexity index is 280. The second-order valence-electron chi connectivity index (χ2n) is 4.40. The molecular weight excluding hydrogens is 242 g/mol. The van der Waals surface area contributed by atoms with Crippen molar-refractivity contribution in [3.63, 3.8) is 0 Å². The highest BCUT2D eigenvalue weighted by molar-refractivity contribution is 5.85. The number of piperazine rings is 1. The summed E-state index contributed by atoms with van der Waals surface area (Å²) in [6.45, 7) is 4.27. The van der Waals surface area contributed by atoms with Crippen molar-refractivity contribution in [3.8, 4) is 0 Å². The summed E-state index contributed by atoms with van der Waals surface area (Å²) in [5.41, 5.74) is 0.